The highest BCUT2D eigenvalue weighted by Crippen LogP contribution is 2.55. The zero-order valence-corrected chi connectivity index (χ0v) is 9.46. The standard InChI is InChI=1S/C13H15FO2/c1-12(2)7-13(8-12,11(15)16)9-4-3-5-10(14)6-9/h3-6H,7-8H2,1-2H3,(H,15,16). The summed E-state index contributed by atoms with van der Waals surface area (Å²) in [6.45, 7) is 4.07. The summed E-state index contributed by atoms with van der Waals surface area (Å²) in [4.78, 5) is 11.4. The van der Waals surface area contributed by atoms with Gasteiger partial charge >= 0.3 is 5.97 Å². The third kappa shape index (κ3) is 1.60. The Labute approximate surface area is 94.1 Å². The Hall–Kier alpha value is -1.38. The van der Waals surface area contributed by atoms with Crippen molar-refractivity contribution in [2.45, 2.75) is 32.1 Å². The van der Waals surface area contributed by atoms with Gasteiger partial charge in [0.15, 0.2) is 0 Å². The van der Waals surface area contributed by atoms with E-state index in [4.69, 9.17) is 0 Å². The number of hydrogen-bond acceptors (Lipinski definition) is 1. The normalized spacial score (nSPS) is 21.2. The number of benzene rings is 1. The average molecular weight is 222 g/mol. The van der Waals surface area contributed by atoms with Crippen molar-refractivity contribution in [3.63, 3.8) is 0 Å². The fourth-order valence-corrected chi connectivity index (χ4v) is 2.85. The van der Waals surface area contributed by atoms with Crippen LogP contribution >= 0.6 is 0 Å². The molecule has 1 fully saturated rings. The smallest absolute Gasteiger partial charge is 0.314 e. The molecule has 1 aromatic rings. The Morgan fingerprint density at radius 2 is 2.00 bits per heavy atom. The second-order valence-electron chi connectivity index (χ2n) is 5.42. The van der Waals surface area contributed by atoms with E-state index in [0.29, 0.717) is 18.4 Å². The summed E-state index contributed by atoms with van der Waals surface area (Å²) in [6, 6.07) is 5.94. The van der Waals surface area contributed by atoms with Crippen LogP contribution in [0.25, 0.3) is 0 Å². The van der Waals surface area contributed by atoms with Gasteiger partial charge in [-0.3, -0.25) is 4.79 Å². The molecular formula is C13H15FO2. The van der Waals surface area contributed by atoms with Crippen LogP contribution in [0, 0.1) is 11.2 Å². The van der Waals surface area contributed by atoms with Crippen molar-refractivity contribution in [1.82, 2.24) is 0 Å². The SMILES string of the molecule is CC1(C)CC(C(=O)O)(c2cccc(F)c2)C1. The summed E-state index contributed by atoms with van der Waals surface area (Å²) >= 11 is 0. The highest BCUT2D eigenvalue weighted by molar-refractivity contribution is 5.83. The zero-order chi connectivity index (χ0) is 12.0. The molecule has 0 aromatic heterocycles. The van der Waals surface area contributed by atoms with Crippen molar-refractivity contribution in [3.8, 4) is 0 Å². The van der Waals surface area contributed by atoms with Crippen LogP contribution in [-0.4, -0.2) is 11.1 Å². The van der Waals surface area contributed by atoms with Crippen LogP contribution in [-0.2, 0) is 10.2 Å². The van der Waals surface area contributed by atoms with E-state index in [1.165, 1.54) is 12.1 Å². The predicted octanol–water partition coefficient (Wildman–Crippen LogP) is 2.97. The molecule has 86 valence electrons. The number of aliphatic carboxylic acids is 1. The first-order valence-electron chi connectivity index (χ1n) is 5.35. The fraction of sp³-hybridized carbons (Fsp3) is 0.462. The number of halogens is 1. The van der Waals surface area contributed by atoms with Crippen molar-refractivity contribution in [2.24, 2.45) is 5.41 Å². The summed E-state index contributed by atoms with van der Waals surface area (Å²) in [5.74, 6) is -1.22. The van der Waals surface area contributed by atoms with Crippen LogP contribution in [0.5, 0.6) is 0 Å². The van der Waals surface area contributed by atoms with Crippen LogP contribution in [0.4, 0.5) is 4.39 Å². The molecule has 2 nitrogen and oxygen atoms in total. The fourth-order valence-electron chi connectivity index (χ4n) is 2.85. The number of rotatable bonds is 2. The quantitative estimate of drug-likeness (QED) is 0.835. The molecule has 0 aliphatic heterocycles. The van der Waals surface area contributed by atoms with E-state index in [1.54, 1.807) is 12.1 Å². The molecule has 0 radical (unpaired) electrons. The molecule has 1 aromatic carbocycles. The Morgan fingerprint density at radius 1 is 1.38 bits per heavy atom. The van der Waals surface area contributed by atoms with Gasteiger partial charge in [-0.05, 0) is 36.0 Å². The summed E-state index contributed by atoms with van der Waals surface area (Å²) in [6.07, 6.45) is 1.14. The summed E-state index contributed by atoms with van der Waals surface area (Å²) in [5, 5.41) is 9.34. The lowest BCUT2D eigenvalue weighted by molar-refractivity contribution is -0.153. The van der Waals surface area contributed by atoms with E-state index in [0.717, 1.165) is 0 Å². The summed E-state index contributed by atoms with van der Waals surface area (Å²) < 4.78 is 13.1. The van der Waals surface area contributed by atoms with Crippen molar-refractivity contribution >= 4 is 5.97 Å². The molecule has 3 heteroatoms. The highest BCUT2D eigenvalue weighted by Gasteiger charge is 2.55. The molecule has 0 heterocycles. The first-order chi connectivity index (χ1) is 7.36. The largest absolute Gasteiger partial charge is 0.481 e. The second-order valence-corrected chi connectivity index (χ2v) is 5.42. The molecule has 0 saturated heterocycles. The molecule has 1 saturated carbocycles. The van der Waals surface area contributed by atoms with Crippen molar-refractivity contribution in [3.05, 3.63) is 35.6 Å². The maximum absolute atomic E-state index is 13.1. The number of carbonyl (C=O) groups is 1. The van der Waals surface area contributed by atoms with Crippen LogP contribution in [0.2, 0.25) is 0 Å². The number of carboxylic acid groups (broad SMARTS) is 1. The Kier molecular flexibility index (Phi) is 2.30. The van der Waals surface area contributed by atoms with Crippen LogP contribution in [0.1, 0.15) is 32.3 Å². The molecule has 0 amide bonds. The summed E-state index contributed by atoms with van der Waals surface area (Å²) in [7, 11) is 0. The number of hydrogen-bond donors (Lipinski definition) is 1. The first-order valence-corrected chi connectivity index (χ1v) is 5.35. The second kappa shape index (κ2) is 3.30. The van der Waals surface area contributed by atoms with Crippen molar-refractivity contribution < 1.29 is 14.3 Å². The van der Waals surface area contributed by atoms with Gasteiger partial charge in [-0.2, -0.15) is 0 Å². The Bertz CT molecular complexity index is 429. The topological polar surface area (TPSA) is 37.3 Å². The van der Waals surface area contributed by atoms with E-state index in [-0.39, 0.29) is 11.2 Å². The van der Waals surface area contributed by atoms with E-state index in [9.17, 15) is 14.3 Å². The molecule has 1 aliphatic carbocycles. The summed E-state index contributed by atoms with van der Waals surface area (Å²) in [5.41, 5.74) is -0.268. The number of carboxylic acids is 1. The van der Waals surface area contributed by atoms with Gasteiger partial charge < -0.3 is 5.11 Å². The third-order valence-electron chi connectivity index (χ3n) is 3.35. The molecule has 1 aliphatic rings. The molecule has 16 heavy (non-hydrogen) atoms. The van der Waals surface area contributed by atoms with E-state index in [2.05, 4.69) is 0 Å². The van der Waals surface area contributed by atoms with Gasteiger partial charge in [0.1, 0.15) is 5.82 Å². The molecule has 0 atom stereocenters. The van der Waals surface area contributed by atoms with Crippen molar-refractivity contribution in [2.75, 3.05) is 0 Å². The van der Waals surface area contributed by atoms with Gasteiger partial charge in [0.25, 0.3) is 0 Å². The van der Waals surface area contributed by atoms with E-state index in [1.807, 2.05) is 13.8 Å². The van der Waals surface area contributed by atoms with Crippen LogP contribution in [0.15, 0.2) is 24.3 Å². The monoisotopic (exact) mass is 222 g/mol. The van der Waals surface area contributed by atoms with Gasteiger partial charge in [-0.15, -0.1) is 0 Å². The van der Waals surface area contributed by atoms with Gasteiger partial charge in [-0.25, -0.2) is 4.39 Å². The minimum Gasteiger partial charge on any atom is -0.481 e. The van der Waals surface area contributed by atoms with Crippen molar-refractivity contribution in [1.29, 1.82) is 0 Å². The van der Waals surface area contributed by atoms with Crippen LogP contribution < -0.4 is 0 Å². The zero-order valence-electron chi connectivity index (χ0n) is 9.46. The Balaban J connectivity index is 2.40. The molecule has 0 bridgehead atoms. The third-order valence-corrected chi connectivity index (χ3v) is 3.35. The minimum absolute atomic E-state index is 0.0324. The molecule has 1 N–H and O–H groups in total. The van der Waals surface area contributed by atoms with Gasteiger partial charge in [0, 0.05) is 0 Å². The maximum atomic E-state index is 13.1. The molecule has 0 unspecified atom stereocenters. The lowest BCUT2D eigenvalue weighted by atomic mass is 9.52. The maximum Gasteiger partial charge on any atom is 0.314 e. The molecular weight excluding hydrogens is 207 g/mol. The molecule has 2 rings (SSSR count). The minimum atomic E-state index is -0.883. The van der Waals surface area contributed by atoms with Gasteiger partial charge in [0.05, 0.1) is 5.41 Å². The van der Waals surface area contributed by atoms with Gasteiger partial charge in [-0.1, -0.05) is 26.0 Å². The van der Waals surface area contributed by atoms with E-state index < -0.39 is 11.4 Å². The van der Waals surface area contributed by atoms with Crippen LogP contribution in [0.3, 0.4) is 0 Å². The van der Waals surface area contributed by atoms with E-state index >= 15 is 0 Å². The highest BCUT2D eigenvalue weighted by atomic mass is 19.1. The Morgan fingerprint density at radius 3 is 2.44 bits per heavy atom. The van der Waals surface area contributed by atoms with Gasteiger partial charge in [0.2, 0.25) is 0 Å². The lowest BCUT2D eigenvalue weighted by Gasteiger charge is -2.50. The first kappa shape index (κ1) is 11.1. The predicted molar refractivity (Wildman–Crippen MR) is 58.7 cm³/mol. The molecule has 0 spiro atoms. The lowest BCUT2D eigenvalue weighted by Crippen LogP contribution is -2.52. The average Bonchev–Trinajstić information content (AvgIpc) is 2.13.